The summed E-state index contributed by atoms with van der Waals surface area (Å²) in [4.78, 5) is 0.0223. The van der Waals surface area contributed by atoms with Gasteiger partial charge in [-0.3, -0.25) is 0 Å². The molecule has 1 aromatic heterocycles. The highest BCUT2D eigenvalue weighted by molar-refractivity contribution is 9.11. The van der Waals surface area contributed by atoms with Crippen LogP contribution in [0.1, 0.15) is 27.5 Å². The van der Waals surface area contributed by atoms with E-state index >= 15 is 0 Å². The largest absolute Gasteiger partial charge is 0.493 e. The first-order chi connectivity index (χ1) is 9.47. The second-order valence-electron chi connectivity index (χ2n) is 4.46. The van der Waals surface area contributed by atoms with Gasteiger partial charge in [0.25, 0.3) is 0 Å². The maximum atomic E-state index is 5.60. The molecule has 3 nitrogen and oxygen atoms in total. The van der Waals surface area contributed by atoms with Crippen molar-refractivity contribution in [3.63, 3.8) is 0 Å². The first-order valence-corrected chi connectivity index (χ1v) is 7.81. The second-order valence-corrected chi connectivity index (χ2v) is 6.23. The van der Waals surface area contributed by atoms with Gasteiger partial charge in [-0.2, -0.15) is 0 Å². The van der Waals surface area contributed by atoms with Crippen molar-refractivity contribution < 1.29 is 13.9 Å². The summed E-state index contributed by atoms with van der Waals surface area (Å²) < 4.78 is 17.2. The summed E-state index contributed by atoms with van der Waals surface area (Å²) >= 11 is 7.32. The third kappa shape index (κ3) is 2.88. The quantitative estimate of drug-likeness (QED) is 0.660. The third-order valence-electron chi connectivity index (χ3n) is 3.13. The van der Waals surface area contributed by atoms with E-state index in [1.54, 1.807) is 14.2 Å². The predicted octanol–water partition coefficient (Wildman–Crippen LogP) is 5.16. The van der Waals surface area contributed by atoms with Crippen molar-refractivity contribution in [2.24, 2.45) is 0 Å². The Morgan fingerprint density at radius 3 is 2.10 bits per heavy atom. The minimum atomic E-state index is 0.0223. The minimum absolute atomic E-state index is 0.0223. The molecule has 0 saturated heterocycles. The van der Waals surface area contributed by atoms with Crippen molar-refractivity contribution >= 4 is 31.9 Å². The van der Waals surface area contributed by atoms with Crippen molar-refractivity contribution in [2.45, 2.75) is 18.7 Å². The van der Waals surface area contributed by atoms with Crippen LogP contribution in [0.15, 0.2) is 27.1 Å². The van der Waals surface area contributed by atoms with Crippen LogP contribution >= 0.6 is 31.9 Å². The summed E-state index contributed by atoms with van der Waals surface area (Å²) in [5.41, 5.74) is 2.17. The lowest BCUT2D eigenvalue weighted by molar-refractivity contribution is 0.354. The summed E-state index contributed by atoms with van der Waals surface area (Å²) in [5, 5.41) is 0. The lowest BCUT2D eigenvalue weighted by Crippen LogP contribution is -1.98. The standard InChI is InChI=1S/C15H16Br2O3/c1-8-5-10(9(2)20-8)15(17)11-6-13(18-3)14(19-4)7-12(11)16/h5-7,15H,1-4H3. The summed E-state index contributed by atoms with van der Waals surface area (Å²) in [5.74, 6) is 3.21. The Labute approximate surface area is 135 Å². The first kappa shape index (κ1) is 15.4. The number of hydrogen-bond acceptors (Lipinski definition) is 3. The molecule has 0 saturated carbocycles. The molecule has 2 aromatic rings. The summed E-state index contributed by atoms with van der Waals surface area (Å²) in [6, 6.07) is 5.91. The molecular weight excluding hydrogens is 388 g/mol. The highest BCUT2D eigenvalue weighted by Gasteiger charge is 2.21. The number of ether oxygens (including phenoxy) is 2. The highest BCUT2D eigenvalue weighted by Crippen LogP contribution is 2.42. The fraction of sp³-hybridized carbons (Fsp3) is 0.333. The molecule has 0 N–H and O–H groups in total. The summed E-state index contributed by atoms with van der Waals surface area (Å²) in [6.45, 7) is 3.91. The molecule has 0 radical (unpaired) electrons. The van der Waals surface area contributed by atoms with Gasteiger partial charge in [-0.1, -0.05) is 31.9 Å². The van der Waals surface area contributed by atoms with E-state index < -0.39 is 0 Å². The Morgan fingerprint density at radius 1 is 1.00 bits per heavy atom. The number of benzene rings is 1. The number of methoxy groups -OCH3 is 2. The van der Waals surface area contributed by atoms with E-state index in [2.05, 4.69) is 31.9 Å². The SMILES string of the molecule is COc1cc(Br)c(C(Br)c2cc(C)oc2C)cc1OC. The number of hydrogen-bond donors (Lipinski definition) is 0. The predicted molar refractivity (Wildman–Crippen MR) is 86.2 cm³/mol. The molecule has 1 atom stereocenters. The Hall–Kier alpha value is -0.940. The van der Waals surface area contributed by atoms with E-state index in [1.165, 1.54) is 0 Å². The second kappa shape index (κ2) is 6.22. The molecule has 1 aromatic carbocycles. The molecule has 0 spiro atoms. The van der Waals surface area contributed by atoms with Gasteiger partial charge in [-0.15, -0.1) is 0 Å². The van der Waals surface area contributed by atoms with Gasteiger partial charge in [0.15, 0.2) is 11.5 Å². The molecule has 2 rings (SSSR count). The van der Waals surface area contributed by atoms with Crippen molar-refractivity contribution in [1.82, 2.24) is 0 Å². The van der Waals surface area contributed by atoms with E-state index in [1.807, 2.05) is 32.0 Å². The number of halogens is 2. The average Bonchev–Trinajstić information content (AvgIpc) is 2.76. The van der Waals surface area contributed by atoms with Crippen LogP contribution in [0.5, 0.6) is 11.5 Å². The van der Waals surface area contributed by atoms with Crippen LogP contribution in [-0.4, -0.2) is 14.2 Å². The Bertz CT molecular complexity index is 620. The van der Waals surface area contributed by atoms with E-state index in [-0.39, 0.29) is 4.83 Å². The van der Waals surface area contributed by atoms with Crippen LogP contribution in [0.3, 0.4) is 0 Å². The van der Waals surface area contributed by atoms with Crippen molar-refractivity contribution in [2.75, 3.05) is 14.2 Å². The molecule has 108 valence electrons. The van der Waals surface area contributed by atoms with Crippen molar-refractivity contribution in [1.29, 1.82) is 0 Å². The molecule has 0 aliphatic rings. The van der Waals surface area contributed by atoms with Crippen molar-refractivity contribution in [3.05, 3.63) is 45.3 Å². The van der Waals surface area contributed by atoms with Gasteiger partial charge >= 0.3 is 0 Å². The zero-order valence-corrected chi connectivity index (χ0v) is 15.0. The molecule has 5 heteroatoms. The minimum Gasteiger partial charge on any atom is -0.493 e. The smallest absolute Gasteiger partial charge is 0.161 e. The molecule has 0 aliphatic heterocycles. The van der Waals surface area contributed by atoms with E-state index in [0.717, 1.165) is 27.1 Å². The topological polar surface area (TPSA) is 31.6 Å². The van der Waals surface area contributed by atoms with Crippen LogP contribution in [-0.2, 0) is 0 Å². The average molecular weight is 404 g/mol. The van der Waals surface area contributed by atoms with E-state index in [0.29, 0.717) is 11.5 Å². The van der Waals surface area contributed by atoms with E-state index in [9.17, 15) is 0 Å². The normalized spacial score (nSPS) is 12.3. The van der Waals surface area contributed by atoms with Gasteiger partial charge in [0.1, 0.15) is 11.5 Å². The molecule has 0 aliphatic carbocycles. The molecular formula is C15H16Br2O3. The molecule has 0 fully saturated rings. The number of aryl methyl sites for hydroxylation is 2. The fourth-order valence-electron chi connectivity index (χ4n) is 2.13. The van der Waals surface area contributed by atoms with Crippen LogP contribution < -0.4 is 9.47 Å². The molecule has 20 heavy (non-hydrogen) atoms. The zero-order valence-electron chi connectivity index (χ0n) is 11.8. The van der Waals surface area contributed by atoms with Crippen molar-refractivity contribution in [3.8, 4) is 11.5 Å². The zero-order chi connectivity index (χ0) is 14.9. The summed E-state index contributed by atoms with van der Waals surface area (Å²) in [6.07, 6.45) is 0. The van der Waals surface area contributed by atoms with Gasteiger partial charge in [-0.05, 0) is 37.6 Å². The number of rotatable bonds is 4. The van der Waals surface area contributed by atoms with Gasteiger partial charge in [0.05, 0.1) is 19.0 Å². The lowest BCUT2D eigenvalue weighted by Gasteiger charge is -2.15. The number of alkyl halides is 1. The maximum absolute atomic E-state index is 5.60. The van der Waals surface area contributed by atoms with Crippen LogP contribution in [0.2, 0.25) is 0 Å². The lowest BCUT2D eigenvalue weighted by atomic mass is 10.0. The molecule has 1 unspecified atom stereocenters. The summed E-state index contributed by atoms with van der Waals surface area (Å²) in [7, 11) is 3.26. The van der Waals surface area contributed by atoms with Gasteiger partial charge in [0, 0.05) is 10.0 Å². The van der Waals surface area contributed by atoms with Crippen LogP contribution in [0, 0.1) is 13.8 Å². The third-order valence-corrected chi connectivity index (χ3v) is 4.80. The van der Waals surface area contributed by atoms with Gasteiger partial charge < -0.3 is 13.9 Å². The number of furan rings is 1. The fourth-order valence-corrected chi connectivity index (χ4v) is 3.83. The Morgan fingerprint density at radius 2 is 1.60 bits per heavy atom. The van der Waals surface area contributed by atoms with E-state index in [4.69, 9.17) is 13.9 Å². The molecule has 1 heterocycles. The van der Waals surface area contributed by atoms with Crippen LogP contribution in [0.4, 0.5) is 0 Å². The molecule has 0 amide bonds. The Balaban J connectivity index is 2.49. The highest BCUT2D eigenvalue weighted by atomic mass is 79.9. The first-order valence-electron chi connectivity index (χ1n) is 6.10. The Kier molecular flexibility index (Phi) is 4.81. The van der Waals surface area contributed by atoms with Crippen LogP contribution in [0.25, 0.3) is 0 Å². The molecule has 0 bridgehead atoms. The monoisotopic (exact) mass is 402 g/mol. The van der Waals surface area contributed by atoms with Gasteiger partial charge in [0.2, 0.25) is 0 Å². The van der Waals surface area contributed by atoms with Gasteiger partial charge in [-0.25, -0.2) is 0 Å². The maximum Gasteiger partial charge on any atom is 0.161 e.